The molecule has 0 saturated heterocycles. The molecule has 2 heterocycles. The fourth-order valence-electron chi connectivity index (χ4n) is 4.03. The van der Waals surface area contributed by atoms with E-state index in [0.717, 1.165) is 30.8 Å². The monoisotopic (exact) mass is 644 g/mol. The number of aromatic nitrogens is 1. The summed E-state index contributed by atoms with van der Waals surface area (Å²) in [6.07, 6.45) is 3.53. The summed E-state index contributed by atoms with van der Waals surface area (Å²) < 4.78 is 69.2. The Morgan fingerprint density at radius 2 is 1.53 bits per heavy atom. The van der Waals surface area contributed by atoms with Crippen LogP contribution in [0.15, 0.2) is 46.3 Å². The summed E-state index contributed by atoms with van der Waals surface area (Å²) in [6, 6.07) is 11.2. The van der Waals surface area contributed by atoms with Crippen molar-refractivity contribution >= 4 is 88.5 Å². The second-order valence-corrected chi connectivity index (χ2v) is 14.5. The predicted octanol–water partition coefficient (Wildman–Crippen LogP) is 2.06. The summed E-state index contributed by atoms with van der Waals surface area (Å²) in [5, 5.41) is 2.98. The van der Waals surface area contributed by atoms with Gasteiger partial charge in [0.2, 0.25) is 5.52 Å². The number of halogens is 2. The van der Waals surface area contributed by atoms with E-state index in [1.54, 1.807) is 23.1 Å². The van der Waals surface area contributed by atoms with Gasteiger partial charge < -0.3 is 14.0 Å². The first-order valence-electron chi connectivity index (χ1n) is 11.4. The first-order chi connectivity index (χ1) is 17.4. The third kappa shape index (κ3) is 8.81. The molecule has 3 aromatic rings. The number of aryl methyl sites for hydroxylation is 1. The molecule has 15 heteroatoms. The van der Waals surface area contributed by atoms with Gasteiger partial charge >= 0.3 is 29.6 Å². The van der Waals surface area contributed by atoms with Gasteiger partial charge in [0.15, 0.2) is 6.54 Å². The molecule has 0 N–H and O–H groups in total. The minimum absolute atomic E-state index is 0. The van der Waals surface area contributed by atoms with Crippen molar-refractivity contribution in [1.82, 2.24) is 0 Å². The Kier molecular flexibility index (Phi) is 11.4. The molecular formula is C23H23Cl2N2NaO6S4. The molecule has 0 spiro atoms. The van der Waals surface area contributed by atoms with Gasteiger partial charge in [-0.2, -0.15) is 4.57 Å². The molecule has 0 bridgehead atoms. The smallest absolute Gasteiger partial charge is 0.748 e. The van der Waals surface area contributed by atoms with Gasteiger partial charge in [-0.3, -0.25) is 0 Å². The van der Waals surface area contributed by atoms with Gasteiger partial charge in [-0.1, -0.05) is 46.3 Å². The number of hydrogen-bond acceptors (Lipinski definition) is 9. The molecule has 0 radical (unpaired) electrons. The molecule has 0 fully saturated rings. The minimum Gasteiger partial charge on any atom is -0.748 e. The molecule has 200 valence electrons. The van der Waals surface area contributed by atoms with Crippen molar-refractivity contribution in [2.75, 3.05) is 23.0 Å². The van der Waals surface area contributed by atoms with Gasteiger partial charge in [0.05, 0.1) is 37.0 Å². The van der Waals surface area contributed by atoms with Crippen LogP contribution < -0.4 is 39.0 Å². The predicted molar refractivity (Wildman–Crippen MR) is 147 cm³/mol. The Hall–Kier alpha value is -0.380. The van der Waals surface area contributed by atoms with E-state index in [1.807, 2.05) is 42.5 Å². The summed E-state index contributed by atoms with van der Waals surface area (Å²) >= 11 is 15.6. The van der Waals surface area contributed by atoms with Crippen LogP contribution >= 0.6 is 46.3 Å². The average Bonchev–Trinajstić information content (AvgIpc) is 3.30. The van der Waals surface area contributed by atoms with Crippen LogP contribution in [-0.2, 0) is 26.8 Å². The number of nitrogens with zero attached hydrogens (tertiary/aromatic N) is 2. The molecule has 1 aliphatic heterocycles. The van der Waals surface area contributed by atoms with Crippen molar-refractivity contribution < 1.29 is 60.1 Å². The van der Waals surface area contributed by atoms with Gasteiger partial charge in [0, 0.05) is 45.5 Å². The Morgan fingerprint density at radius 1 is 0.895 bits per heavy atom. The second-order valence-electron chi connectivity index (χ2n) is 8.49. The largest absolute Gasteiger partial charge is 1.00 e. The maximum atomic E-state index is 11.0. The maximum Gasteiger partial charge on any atom is 1.00 e. The van der Waals surface area contributed by atoms with E-state index in [9.17, 15) is 25.9 Å². The number of rotatable bonds is 11. The Balaban J connectivity index is 0.00000400. The topological polar surface area (TPSA) is 122 Å². The Bertz CT molecular complexity index is 1560. The van der Waals surface area contributed by atoms with Crippen LogP contribution in [0.3, 0.4) is 0 Å². The zero-order valence-corrected chi connectivity index (χ0v) is 27.2. The van der Waals surface area contributed by atoms with Gasteiger partial charge in [-0.15, -0.1) is 0 Å². The van der Waals surface area contributed by atoms with Crippen molar-refractivity contribution in [2.45, 2.75) is 37.1 Å². The number of fused-ring (bicyclic) bond motifs is 2. The average molecular weight is 646 g/mol. The molecule has 4 rings (SSSR count). The van der Waals surface area contributed by atoms with Crippen molar-refractivity contribution in [3.8, 4) is 0 Å². The molecule has 0 unspecified atom stereocenters. The third-order valence-corrected chi connectivity index (χ3v) is 9.96. The van der Waals surface area contributed by atoms with E-state index >= 15 is 0 Å². The molecule has 0 saturated carbocycles. The fourth-order valence-corrected chi connectivity index (χ4v) is 7.76. The van der Waals surface area contributed by atoms with Crippen molar-refractivity contribution in [2.24, 2.45) is 0 Å². The summed E-state index contributed by atoms with van der Waals surface area (Å²) in [5.74, 6) is -0.822. The first kappa shape index (κ1) is 32.1. The molecule has 8 nitrogen and oxygen atoms in total. The first-order valence-corrected chi connectivity index (χ1v) is 16.9. The molecule has 0 aliphatic carbocycles. The van der Waals surface area contributed by atoms with E-state index in [0.29, 0.717) is 36.0 Å². The van der Waals surface area contributed by atoms with E-state index < -0.39 is 31.7 Å². The van der Waals surface area contributed by atoms with Gasteiger partial charge in [-0.25, -0.2) is 16.8 Å². The van der Waals surface area contributed by atoms with E-state index in [1.165, 1.54) is 0 Å². The number of thiazole rings is 1. The van der Waals surface area contributed by atoms with E-state index in [-0.39, 0.29) is 42.4 Å². The molecule has 0 atom stereocenters. The molecule has 2 aromatic carbocycles. The van der Waals surface area contributed by atoms with Crippen LogP contribution in [-0.4, -0.2) is 44.0 Å². The number of unbranched alkanes of at least 4 members (excludes halogenated alkanes) is 2. The Morgan fingerprint density at radius 3 is 2.21 bits per heavy atom. The zero-order chi connectivity index (χ0) is 26.8. The molecule has 0 amide bonds. The second kappa shape index (κ2) is 13.5. The summed E-state index contributed by atoms with van der Waals surface area (Å²) in [5.41, 5.74) is 1.81. The molecule has 1 aromatic heterocycles. The molecule has 1 aliphatic rings. The van der Waals surface area contributed by atoms with Crippen molar-refractivity contribution in [3.63, 3.8) is 0 Å². The van der Waals surface area contributed by atoms with Crippen molar-refractivity contribution in [3.05, 3.63) is 56.5 Å². The minimum atomic E-state index is -4.27. The standard InChI is InChI=1S/C23H24Cl2N2O6S4.Na/c24-16-5-7-20-18(13-16)26(9-1-3-11-36(28,29)30)22(34-20)15-23-27(10-2-4-12-37(31,32)33)19-14-17(25)6-8-21(19)35-23;/h5-8,13-15H,1-4,9-12H2,(H-,28,29,30,31,32,33);/q;+1/p-1. The maximum absolute atomic E-state index is 11.0. The van der Waals surface area contributed by atoms with Crippen LogP contribution in [0.2, 0.25) is 10.0 Å². The summed E-state index contributed by atoms with van der Waals surface area (Å²) in [7, 11) is -8.55. The number of benzene rings is 2. The van der Waals surface area contributed by atoms with Crippen molar-refractivity contribution in [1.29, 1.82) is 0 Å². The summed E-state index contributed by atoms with van der Waals surface area (Å²) in [6.45, 7) is 1.000. The SMILES string of the molecule is O=S(=O)([O-])CCCCN1C(=Cc2sc3ccc(Cl)cc3[n+]2CCCCS(=O)(=O)[O-])Sc2ccc(Cl)cc21.[Na+]. The van der Waals surface area contributed by atoms with Gasteiger partial charge in [0.1, 0.15) is 4.70 Å². The molecule has 38 heavy (non-hydrogen) atoms. The van der Waals surface area contributed by atoms with Gasteiger partial charge in [-0.05, 0) is 49.6 Å². The number of anilines is 1. The van der Waals surface area contributed by atoms with E-state index in [2.05, 4.69) is 9.47 Å². The third-order valence-electron chi connectivity index (χ3n) is 5.68. The van der Waals surface area contributed by atoms with Crippen LogP contribution in [0.5, 0.6) is 0 Å². The van der Waals surface area contributed by atoms with Crippen LogP contribution in [0, 0.1) is 0 Å². The van der Waals surface area contributed by atoms with Gasteiger partial charge in [0.25, 0.3) is 5.01 Å². The normalized spacial score (nSPS) is 14.7. The Labute approximate surface area is 262 Å². The quantitative estimate of drug-likeness (QED) is 0.135. The van der Waals surface area contributed by atoms with Crippen LogP contribution in [0.1, 0.15) is 30.7 Å². The summed E-state index contributed by atoms with van der Waals surface area (Å²) in [4.78, 5) is 3.07. The molecular weight excluding hydrogens is 622 g/mol. The van der Waals surface area contributed by atoms with Crippen LogP contribution in [0.4, 0.5) is 5.69 Å². The fraction of sp³-hybridized carbons (Fsp3) is 0.348. The zero-order valence-electron chi connectivity index (χ0n) is 20.4. The van der Waals surface area contributed by atoms with E-state index in [4.69, 9.17) is 23.2 Å². The van der Waals surface area contributed by atoms with Crippen LogP contribution in [0.25, 0.3) is 16.3 Å². The number of thioether (sulfide) groups is 1. The number of hydrogen-bond donors (Lipinski definition) is 0.